The fourth-order valence-corrected chi connectivity index (χ4v) is 4.65. The van der Waals surface area contributed by atoms with Gasteiger partial charge in [0.15, 0.2) is 0 Å². The first-order valence-corrected chi connectivity index (χ1v) is 10.8. The Morgan fingerprint density at radius 1 is 1.07 bits per heavy atom. The lowest BCUT2D eigenvalue weighted by Gasteiger charge is -2.49. The van der Waals surface area contributed by atoms with Gasteiger partial charge < -0.3 is 9.47 Å². The molecule has 0 aliphatic carbocycles. The number of piperidine rings is 1. The number of benzene rings is 1. The number of likely N-dealkylation sites (tertiary alicyclic amines) is 2. The number of nitrogens with zero attached hydrogens (tertiary/aromatic N) is 3. The van der Waals surface area contributed by atoms with E-state index >= 15 is 0 Å². The van der Waals surface area contributed by atoms with Crippen molar-refractivity contribution in [3.63, 3.8) is 0 Å². The summed E-state index contributed by atoms with van der Waals surface area (Å²) in [6.45, 7) is 12.6. The van der Waals surface area contributed by atoms with Crippen LogP contribution in [0.3, 0.4) is 0 Å². The van der Waals surface area contributed by atoms with E-state index in [0.29, 0.717) is 0 Å². The zero-order valence-corrected chi connectivity index (χ0v) is 16.8. The Bertz CT molecular complexity index is 585. The molecule has 3 aliphatic rings. The van der Waals surface area contributed by atoms with Crippen LogP contribution in [0.25, 0.3) is 0 Å². The Morgan fingerprint density at radius 2 is 1.93 bits per heavy atom. The van der Waals surface area contributed by atoms with Gasteiger partial charge in [0.05, 0.1) is 13.2 Å². The third-order valence-corrected chi connectivity index (χ3v) is 6.35. The topological polar surface area (TPSA) is 28.2 Å². The minimum Gasteiger partial charge on any atom is -0.492 e. The second-order valence-electron chi connectivity index (χ2n) is 8.38. The van der Waals surface area contributed by atoms with Gasteiger partial charge in [-0.15, -0.1) is 0 Å². The van der Waals surface area contributed by atoms with Crippen LogP contribution in [-0.4, -0.2) is 85.9 Å². The molecule has 1 aromatic rings. The van der Waals surface area contributed by atoms with Crippen LogP contribution in [-0.2, 0) is 11.3 Å². The first-order valence-electron chi connectivity index (χ1n) is 10.8. The Labute approximate surface area is 164 Å². The summed E-state index contributed by atoms with van der Waals surface area (Å²) in [5.74, 6) is 1.00. The van der Waals surface area contributed by atoms with Crippen LogP contribution in [0.1, 0.15) is 31.7 Å². The fourth-order valence-electron chi connectivity index (χ4n) is 4.65. The maximum Gasteiger partial charge on any atom is 0.119 e. The molecule has 0 saturated carbocycles. The molecule has 150 valence electrons. The lowest BCUT2D eigenvalue weighted by molar-refractivity contribution is -0.00623. The molecule has 0 spiro atoms. The molecule has 3 aliphatic heterocycles. The largest absolute Gasteiger partial charge is 0.492 e. The average molecular weight is 374 g/mol. The third-order valence-electron chi connectivity index (χ3n) is 6.35. The predicted molar refractivity (Wildman–Crippen MR) is 108 cm³/mol. The maximum atomic E-state index is 6.00. The van der Waals surface area contributed by atoms with Crippen LogP contribution >= 0.6 is 0 Å². The van der Waals surface area contributed by atoms with Crippen LogP contribution in [0.15, 0.2) is 24.3 Å². The number of rotatable bonds is 7. The molecule has 3 saturated heterocycles. The summed E-state index contributed by atoms with van der Waals surface area (Å²) in [5, 5.41) is 0. The Kier molecular flexibility index (Phi) is 6.66. The quantitative estimate of drug-likeness (QED) is 0.732. The minimum absolute atomic E-state index is 0.752. The van der Waals surface area contributed by atoms with Crippen molar-refractivity contribution in [3.8, 4) is 5.75 Å². The Hall–Kier alpha value is -1.14. The number of hydrogen-bond acceptors (Lipinski definition) is 5. The summed E-state index contributed by atoms with van der Waals surface area (Å²) >= 11 is 0. The molecular weight excluding hydrogens is 338 g/mol. The lowest BCUT2D eigenvalue weighted by atomic mass is 9.97. The smallest absolute Gasteiger partial charge is 0.119 e. The zero-order chi connectivity index (χ0) is 18.5. The van der Waals surface area contributed by atoms with Gasteiger partial charge in [0.2, 0.25) is 0 Å². The molecule has 1 aromatic carbocycles. The van der Waals surface area contributed by atoms with Crippen molar-refractivity contribution in [2.45, 2.75) is 44.8 Å². The van der Waals surface area contributed by atoms with Crippen LogP contribution in [0.5, 0.6) is 5.75 Å². The standard InChI is InChI=1S/C22H35N3O2/c1-19-5-2-3-8-25(19)21-17-24(18-21)16-20-6-4-7-22(15-20)27-14-11-23-9-12-26-13-10-23/h4,6-7,15,19,21H,2-3,5,8-14,16-18H2,1H3/t19-/m1/s1. The highest BCUT2D eigenvalue weighted by molar-refractivity contribution is 5.28. The van der Waals surface area contributed by atoms with Gasteiger partial charge in [0.25, 0.3) is 0 Å². The van der Waals surface area contributed by atoms with E-state index in [4.69, 9.17) is 9.47 Å². The van der Waals surface area contributed by atoms with Crippen LogP contribution in [0.2, 0.25) is 0 Å². The third kappa shape index (κ3) is 5.23. The minimum atomic E-state index is 0.752. The van der Waals surface area contributed by atoms with Gasteiger partial charge >= 0.3 is 0 Å². The van der Waals surface area contributed by atoms with E-state index in [0.717, 1.165) is 63.8 Å². The number of hydrogen-bond donors (Lipinski definition) is 0. The van der Waals surface area contributed by atoms with Crippen molar-refractivity contribution in [1.29, 1.82) is 0 Å². The Morgan fingerprint density at radius 3 is 2.74 bits per heavy atom. The SMILES string of the molecule is C[C@@H]1CCCCN1C1CN(Cc2cccc(OCCN3CCOCC3)c2)C1. The lowest BCUT2D eigenvalue weighted by Crippen LogP contribution is -2.61. The van der Waals surface area contributed by atoms with Crippen LogP contribution in [0.4, 0.5) is 0 Å². The highest BCUT2D eigenvalue weighted by Crippen LogP contribution is 2.26. The van der Waals surface area contributed by atoms with Crippen LogP contribution in [0, 0.1) is 0 Å². The van der Waals surface area contributed by atoms with E-state index in [1.165, 1.54) is 44.5 Å². The molecule has 0 amide bonds. The molecule has 0 N–H and O–H groups in total. The summed E-state index contributed by atoms with van der Waals surface area (Å²) in [6, 6.07) is 10.2. The molecule has 3 fully saturated rings. The molecule has 0 aromatic heterocycles. The van der Waals surface area contributed by atoms with Gasteiger partial charge in [-0.05, 0) is 44.0 Å². The molecule has 0 unspecified atom stereocenters. The highest BCUT2D eigenvalue weighted by Gasteiger charge is 2.34. The van der Waals surface area contributed by atoms with E-state index in [-0.39, 0.29) is 0 Å². The fraction of sp³-hybridized carbons (Fsp3) is 0.727. The summed E-state index contributed by atoms with van der Waals surface area (Å²) in [7, 11) is 0. The molecule has 5 nitrogen and oxygen atoms in total. The average Bonchev–Trinajstić information content (AvgIpc) is 2.66. The first kappa shape index (κ1) is 19.2. The molecule has 0 radical (unpaired) electrons. The molecule has 3 heterocycles. The van der Waals surface area contributed by atoms with Gasteiger partial charge in [-0.2, -0.15) is 0 Å². The molecule has 4 rings (SSSR count). The van der Waals surface area contributed by atoms with E-state index < -0.39 is 0 Å². The maximum absolute atomic E-state index is 6.00. The normalized spacial score (nSPS) is 26.0. The van der Waals surface area contributed by atoms with Crippen LogP contribution < -0.4 is 4.74 Å². The van der Waals surface area contributed by atoms with Crippen molar-refractivity contribution in [2.24, 2.45) is 0 Å². The van der Waals surface area contributed by atoms with Gasteiger partial charge in [0.1, 0.15) is 12.4 Å². The second kappa shape index (κ2) is 9.37. The summed E-state index contributed by atoms with van der Waals surface area (Å²) in [4.78, 5) is 7.72. The van der Waals surface area contributed by atoms with Crippen molar-refractivity contribution in [3.05, 3.63) is 29.8 Å². The second-order valence-corrected chi connectivity index (χ2v) is 8.38. The van der Waals surface area contributed by atoms with E-state index in [1.807, 2.05) is 0 Å². The molecule has 27 heavy (non-hydrogen) atoms. The molecular formula is C22H35N3O2. The van der Waals surface area contributed by atoms with Crippen molar-refractivity contribution < 1.29 is 9.47 Å². The number of morpholine rings is 1. The van der Waals surface area contributed by atoms with Crippen molar-refractivity contribution in [2.75, 3.05) is 59.1 Å². The first-order chi connectivity index (χ1) is 13.3. The van der Waals surface area contributed by atoms with Crippen molar-refractivity contribution in [1.82, 2.24) is 14.7 Å². The van der Waals surface area contributed by atoms with E-state index in [9.17, 15) is 0 Å². The monoisotopic (exact) mass is 373 g/mol. The van der Waals surface area contributed by atoms with Gasteiger partial charge in [-0.25, -0.2) is 0 Å². The number of ether oxygens (including phenoxy) is 2. The van der Waals surface area contributed by atoms with E-state index in [1.54, 1.807) is 0 Å². The molecule has 0 bridgehead atoms. The van der Waals surface area contributed by atoms with Gasteiger partial charge in [-0.3, -0.25) is 14.7 Å². The van der Waals surface area contributed by atoms with Crippen molar-refractivity contribution >= 4 is 0 Å². The summed E-state index contributed by atoms with van der Waals surface area (Å²) in [5.41, 5.74) is 1.36. The predicted octanol–water partition coefficient (Wildman–Crippen LogP) is 2.46. The van der Waals surface area contributed by atoms with Gasteiger partial charge in [0, 0.05) is 51.4 Å². The summed E-state index contributed by atoms with van der Waals surface area (Å²) in [6.07, 6.45) is 4.16. The van der Waals surface area contributed by atoms with E-state index in [2.05, 4.69) is 45.9 Å². The molecule has 1 atom stereocenters. The summed E-state index contributed by atoms with van der Waals surface area (Å²) < 4.78 is 11.4. The molecule has 5 heteroatoms. The van der Waals surface area contributed by atoms with Gasteiger partial charge in [-0.1, -0.05) is 18.6 Å². The Balaban J connectivity index is 1.19. The highest BCUT2D eigenvalue weighted by atomic mass is 16.5. The zero-order valence-electron chi connectivity index (χ0n) is 16.8.